The predicted molar refractivity (Wildman–Crippen MR) is 119 cm³/mol. The van der Waals surface area contributed by atoms with E-state index in [2.05, 4.69) is 20.4 Å². The largest absolute Gasteiger partial charge is 0.481 e. The average molecular weight is 460 g/mol. The Balaban J connectivity index is 1.26. The number of fused-ring (bicyclic) bond motifs is 4. The lowest BCUT2D eigenvalue weighted by Gasteiger charge is -2.53. The van der Waals surface area contributed by atoms with Crippen molar-refractivity contribution in [2.75, 3.05) is 13.7 Å². The average Bonchev–Trinajstić information content (AvgIpc) is 3.15. The maximum absolute atomic E-state index is 14.7. The van der Waals surface area contributed by atoms with Crippen molar-refractivity contribution in [3.8, 4) is 5.88 Å². The number of nitrogens with one attached hydrogen (secondary N) is 1. The molecule has 2 saturated heterocycles. The Kier molecular flexibility index (Phi) is 5.55. The van der Waals surface area contributed by atoms with Crippen molar-refractivity contribution in [1.82, 2.24) is 25.1 Å². The van der Waals surface area contributed by atoms with E-state index in [1.807, 2.05) is 19.3 Å². The summed E-state index contributed by atoms with van der Waals surface area (Å²) >= 11 is 6.25. The zero-order chi connectivity index (χ0) is 22.3. The molecule has 32 heavy (non-hydrogen) atoms. The Bertz CT molecular complexity index is 1130. The predicted octanol–water partition coefficient (Wildman–Crippen LogP) is 3.97. The summed E-state index contributed by atoms with van der Waals surface area (Å²) in [6.45, 7) is 1.26. The second-order valence-corrected chi connectivity index (χ2v) is 9.42. The van der Waals surface area contributed by atoms with Gasteiger partial charge in [0.15, 0.2) is 0 Å². The molecule has 1 saturated carbocycles. The van der Waals surface area contributed by atoms with Crippen LogP contribution in [0.2, 0.25) is 5.02 Å². The number of pyridine rings is 2. The first-order valence-electron chi connectivity index (χ1n) is 11.0. The monoisotopic (exact) mass is 459 g/mol. The summed E-state index contributed by atoms with van der Waals surface area (Å²) in [5.74, 6) is 0.129. The van der Waals surface area contributed by atoms with Crippen molar-refractivity contribution in [1.29, 1.82) is 0 Å². The van der Waals surface area contributed by atoms with Gasteiger partial charge in [0.2, 0.25) is 5.88 Å². The SMILES string of the molecule is COc1ccc2ncc(F)c(CCC34CCC(NCc5nn(C)cc5Cl)(CC3)CO4)c2n1. The number of halogens is 2. The second-order valence-electron chi connectivity index (χ2n) is 9.01. The second kappa shape index (κ2) is 8.24. The van der Waals surface area contributed by atoms with Crippen LogP contribution in [0.1, 0.15) is 43.4 Å². The van der Waals surface area contributed by atoms with Crippen LogP contribution < -0.4 is 10.1 Å². The van der Waals surface area contributed by atoms with E-state index in [4.69, 9.17) is 21.1 Å². The molecule has 2 aliphatic heterocycles. The van der Waals surface area contributed by atoms with E-state index in [1.54, 1.807) is 17.9 Å². The number of rotatable bonds is 7. The van der Waals surface area contributed by atoms with Gasteiger partial charge in [-0.25, -0.2) is 9.37 Å². The maximum atomic E-state index is 14.7. The lowest BCUT2D eigenvalue weighted by Crippen LogP contribution is -2.61. The van der Waals surface area contributed by atoms with Crippen molar-refractivity contribution < 1.29 is 13.9 Å². The Labute approximate surface area is 191 Å². The van der Waals surface area contributed by atoms with Gasteiger partial charge in [-0.3, -0.25) is 9.67 Å². The molecule has 170 valence electrons. The molecule has 2 bridgehead atoms. The highest BCUT2D eigenvalue weighted by molar-refractivity contribution is 6.31. The van der Waals surface area contributed by atoms with Gasteiger partial charge in [-0.05, 0) is 44.6 Å². The summed E-state index contributed by atoms with van der Waals surface area (Å²) in [5, 5.41) is 8.75. The van der Waals surface area contributed by atoms with Crippen LogP contribution in [0.5, 0.6) is 5.88 Å². The van der Waals surface area contributed by atoms with Gasteiger partial charge in [0.25, 0.3) is 0 Å². The highest BCUT2D eigenvalue weighted by Crippen LogP contribution is 2.46. The molecule has 5 heterocycles. The molecule has 6 rings (SSSR count). The summed E-state index contributed by atoms with van der Waals surface area (Å²) in [7, 11) is 3.42. The van der Waals surface area contributed by atoms with E-state index < -0.39 is 0 Å². The van der Waals surface area contributed by atoms with Crippen LogP contribution in [0.3, 0.4) is 0 Å². The third-order valence-corrected chi connectivity index (χ3v) is 7.35. The van der Waals surface area contributed by atoms with E-state index in [0.717, 1.165) is 37.8 Å². The quantitative estimate of drug-likeness (QED) is 0.576. The number of aryl methyl sites for hydroxylation is 2. The van der Waals surface area contributed by atoms with Crippen molar-refractivity contribution in [2.45, 2.75) is 56.2 Å². The van der Waals surface area contributed by atoms with Crippen LogP contribution in [0.25, 0.3) is 11.0 Å². The Morgan fingerprint density at radius 1 is 1.28 bits per heavy atom. The minimum absolute atomic E-state index is 0.0495. The number of methoxy groups -OCH3 is 1. The van der Waals surface area contributed by atoms with Gasteiger partial charge >= 0.3 is 0 Å². The summed E-state index contributed by atoms with van der Waals surface area (Å²) in [6.07, 6.45) is 8.32. The molecular formula is C23H27ClFN5O2. The van der Waals surface area contributed by atoms with Crippen molar-refractivity contribution >= 4 is 22.6 Å². The zero-order valence-corrected chi connectivity index (χ0v) is 19.1. The highest BCUT2D eigenvalue weighted by atomic mass is 35.5. The Morgan fingerprint density at radius 2 is 2.09 bits per heavy atom. The molecule has 7 nitrogen and oxygen atoms in total. The van der Waals surface area contributed by atoms with Crippen LogP contribution in [0.4, 0.5) is 4.39 Å². The van der Waals surface area contributed by atoms with Crippen LogP contribution in [0.15, 0.2) is 24.5 Å². The number of aromatic nitrogens is 4. The van der Waals surface area contributed by atoms with Gasteiger partial charge in [-0.15, -0.1) is 0 Å². The first kappa shape index (κ1) is 21.6. The Morgan fingerprint density at radius 3 is 2.75 bits per heavy atom. The summed E-state index contributed by atoms with van der Waals surface area (Å²) in [5.41, 5.74) is 2.41. The number of hydrogen-bond acceptors (Lipinski definition) is 6. The van der Waals surface area contributed by atoms with Gasteiger partial charge in [-0.1, -0.05) is 11.6 Å². The third kappa shape index (κ3) is 3.95. The van der Waals surface area contributed by atoms with Gasteiger partial charge in [0.1, 0.15) is 5.82 Å². The van der Waals surface area contributed by atoms with Gasteiger partial charge in [-0.2, -0.15) is 5.10 Å². The third-order valence-electron chi connectivity index (χ3n) is 7.04. The van der Waals surface area contributed by atoms with Gasteiger partial charge < -0.3 is 14.8 Å². The minimum atomic E-state index is -0.329. The van der Waals surface area contributed by atoms with Crippen molar-refractivity contribution in [3.63, 3.8) is 0 Å². The summed E-state index contributed by atoms with van der Waals surface area (Å²) in [6, 6.07) is 3.56. The summed E-state index contributed by atoms with van der Waals surface area (Å²) < 4.78 is 28.1. The molecule has 3 aromatic heterocycles. The fourth-order valence-electron chi connectivity index (χ4n) is 4.99. The minimum Gasteiger partial charge on any atom is -0.481 e. The molecule has 3 fully saturated rings. The fraction of sp³-hybridized carbons (Fsp3) is 0.522. The van der Waals surface area contributed by atoms with E-state index in [9.17, 15) is 4.39 Å². The molecule has 0 aromatic carbocycles. The van der Waals surface area contributed by atoms with Crippen LogP contribution in [-0.2, 0) is 24.8 Å². The van der Waals surface area contributed by atoms with Gasteiger partial charge in [0.05, 0.1) is 47.3 Å². The topological polar surface area (TPSA) is 74.1 Å². The van der Waals surface area contributed by atoms with Gasteiger partial charge in [0, 0.05) is 37.0 Å². The molecule has 9 heteroatoms. The normalized spacial score (nSPS) is 24.9. The standard InChI is InChI=1S/C23H27ClFN5O2/c1-30-13-16(24)19(29-30)12-27-22-7-9-23(10-8-22,32-14-22)6-5-15-17(25)11-26-18-3-4-20(31-2)28-21(15)18/h3-4,11,13,27H,5-10,12,14H2,1-2H3. The number of nitrogens with zero attached hydrogens (tertiary/aromatic N) is 4. The number of hydrogen-bond donors (Lipinski definition) is 1. The molecule has 0 spiro atoms. The molecule has 0 amide bonds. The first-order valence-corrected chi connectivity index (χ1v) is 11.3. The summed E-state index contributed by atoms with van der Waals surface area (Å²) in [4.78, 5) is 8.63. The molecule has 0 unspecified atom stereocenters. The number of ether oxygens (including phenoxy) is 2. The maximum Gasteiger partial charge on any atom is 0.213 e. The van der Waals surface area contributed by atoms with Crippen molar-refractivity contribution in [3.05, 3.63) is 46.6 Å². The first-order chi connectivity index (χ1) is 15.4. The highest BCUT2D eigenvalue weighted by Gasteiger charge is 2.49. The zero-order valence-electron chi connectivity index (χ0n) is 18.3. The fourth-order valence-corrected chi connectivity index (χ4v) is 5.24. The van der Waals surface area contributed by atoms with Crippen LogP contribution >= 0.6 is 11.6 Å². The lowest BCUT2D eigenvalue weighted by atomic mass is 9.69. The van der Waals surface area contributed by atoms with E-state index >= 15 is 0 Å². The van der Waals surface area contributed by atoms with Crippen molar-refractivity contribution in [2.24, 2.45) is 7.05 Å². The molecule has 1 aliphatic carbocycles. The lowest BCUT2D eigenvalue weighted by molar-refractivity contribution is -0.165. The molecule has 0 atom stereocenters. The Hall–Kier alpha value is -2.29. The molecular weight excluding hydrogens is 433 g/mol. The van der Waals surface area contributed by atoms with E-state index in [1.165, 1.54) is 6.20 Å². The van der Waals surface area contributed by atoms with E-state index in [0.29, 0.717) is 47.1 Å². The van der Waals surface area contributed by atoms with Crippen LogP contribution in [0, 0.1) is 5.82 Å². The van der Waals surface area contributed by atoms with E-state index in [-0.39, 0.29) is 17.0 Å². The smallest absolute Gasteiger partial charge is 0.213 e. The molecule has 3 aromatic rings. The molecule has 1 N–H and O–H groups in total. The van der Waals surface area contributed by atoms with Crippen LogP contribution in [-0.4, -0.2) is 44.6 Å². The molecule has 3 aliphatic rings. The molecule has 0 radical (unpaired) electrons.